The third kappa shape index (κ3) is 2.92. The van der Waals surface area contributed by atoms with Crippen LogP contribution in [0.15, 0.2) is 91.0 Å². The molecule has 0 saturated carbocycles. The molecule has 1 heteroatoms. The summed E-state index contributed by atoms with van der Waals surface area (Å²) < 4.78 is 0. The van der Waals surface area contributed by atoms with Crippen LogP contribution in [0.5, 0.6) is 0 Å². The molecule has 1 atom stereocenters. The first-order chi connectivity index (χ1) is 11.7. The van der Waals surface area contributed by atoms with Crippen LogP contribution in [0.3, 0.4) is 0 Å². The van der Waals surface area contributed by atoms with Gasteiger partial charge in [-0.3, -0.25) is 0 Å². The highest BCUT2D eigenvalue weighted by Gasteiger charge is 2.51. The minimum atomic E-state index is -1.70. The third-order valence-corrected chi connectivity index (χ3v) is 10.2. The lowest BCUT2D eigenvalue weighted by Gasteiger charge is -2.35. The van der Waals surface area contributed by atoms with E-state index in [0.29, 0.717) is 11.6 Å². The van der Waals surface area contributed by atoms with E-state index in [1.165, 1.54) is 15.9 Å². The maximum absolute atomic E-state index is 2.44. The summed E-state index contributed by atoms with van der Waals surface area (Å²) in [5.41, 5.74) is 0.574. The quantitative estimate of drug-likeness (QED) is 0.575. The highest BCUT2D eigenvalue weighted by molar-refractivity contribution is 7.96. The Balaban J connectivity index is 2.37. The van der Waals surface area contributed by atoms with E-state index in [2.05, 4.69) is 112 Å². The van der Waals surface area contributed by atoms with Crippen molar-refractivity contribution in [2.45, 2.75) is 26.4 Å². The van der Waals surface area contributed by atoms with Gasteiger partial charge in [-0.2, -0.15) is 0 Å². The molecule has 3 aromatic rings. The van der Waals surface area contributed by atoms with Crippen LogP contribution in [0.2, 0.25) is 0 Å². The summed E-state index contributed by atoms with van der Waals surface area (Å²) in [5.74, 6) is 0.610. The van der Waals surface area contributed by atoms with Crippen molar-refractivity contribution in [2.75, 3.05) is 0 Å². The number of hydrogen-bond donors (Lipinski definition) is 0. The smallest absolute Gasteiger partial charge is 0.0620 e. The van der Waals surface area contributed by atoms with Crippen LogP contribution in [0, 0.1) is 5.92 Å². The first kappa shape index (κ1) is 16.9. The van der Waals surface area contributed by atoms with E-state index in [0.717, 1.165) is 0 Å². The third-order valence-electron chi connectivity index (χ3n) is 5.07. The summed E-state index contributed by atoms with van der Waals surface area (Å²) in [5, 5.41) is 4.43. The van der Waals surface area contributed by atoms with E-state index in [4.69, 9.17) is 0 Å². The van der Waals surface area contributed by atoms with Gasteiger partial charge in [-0.05, 0) is 49.2 Å². The molecule has 0 spiro atoms. The average molecular weight is 333 g/mol. The van der Waals surface area contributed by atoms with Gasteiger partial charge in [0.05, 0.1) is 5.66 Å². The Morgan fingerprint density at radius 3 is 1.04 bits per heavy atom. The van der Waals surface area contributed by atoms with Crippen molar-refractivity contribution in [1.29, 1.82) is 0 Å². The van der Waals surface area contributed by atoms with Crippen molar-refractivity contribution in [2.24, 2.45) is 5.92 Å². The summed E-state index contributed by atoms with van der Waals surface area (Å²) in [6.45, 7) is 7.15. The van der Waals surface area contributed by atoms with E-state index >= 15 is 0 Å². The fourth-order valence-electron chi connectivity index (χ4n) is 3.59. The monoisotopic (exact) mass is 333 g/mol. The Hall–Kier alpha value is -1.91. The molecule has 0 fully saturated rings. The van der Waals surface area contributed by atoms with E-state index in [9.17, 15) is 0 Å². The lowest BCUT2D eigenvalue weighted by Crippen LogP contribution is -2.39. The van der Waals surface area contributed by atoms with Gasteiger partial charge in [0, 0.05) is 0 Å². The standard InChI is InChI=1S/C23H26P/c1-19(2)20(3)24(21-13-7-4-8-14-21,22-15-9-5-10-16-22)23-17-11-6-12-18-23/h4-20H,1-3H3/q+1. The summed E-state index contributed by atoms with van der Waals surface area (Å²) in [7, 11) is -1.70. The number of rotatable bonds is 5. The zero-order valence-corrected chi connectivity index (χ0v) is 15.7. The van der Waals surface area contributed by atoms with Gasteiger partial charge in [0.2, 0.25) is 0 Å². The van der Waals surface area contributed by atoms with Crippen LogP contribution >= 0.6 is 7.26 Å². The maximum atomic E-state index is 2.44. The second kappa shape index (κ2) is 7.32. The van der Waals surface area contributed by atoms with Gasteiger partial charge in [0.25, 0.3) is 0 Å². The molecule has 0 aliphatic heterocycles. The first-order valence-electron chi connectivity index (χ1n) is 8.73. The van der Waals surface area contributed by atoms with Crippen LogP contribution in [0.4, 0.5) is 0 Å². The van der Waals surface area contributed by atoms with Crippen molar-refractivity contribution in [3.05, 3.63) is 91.0 Å². The molecule has 0 radical (unpaired) electrons. The molecule has 0 saturated heterocycles. The van der Waals surface area contributed by atoms with Crippen LogP contribution in [0.25, 0.3) is 0 Å². The Morgan fingerprint density at radius 1 is 0.500 bits per heavy atom. The number of benzene rings is 3. The average Bonchev–Trinajstić information content (AvgIpc) is 2.65. The zero-order valence-electron chi connectivity index (χ0n) is 14.8. The van der Waals surface area contributed by atoms with Crippen LogP contribution in [-0.4, -0.2) is 5.66 Å². The molecule has 0 aliphatic carbocycles. The van der Waals surface area contributed by atoms with Gasteiger partial charge < -0.3 is 0 Å². The van der Waals surface area contributed by atoms with Gasteiger partial charge in [0.15, 0.2) is 0 Å². The van der Waals surface area contributed by atoms with Crippen LogP contribution < -0.4 is 15.9 Å². The van der Waals surface area contributed by atoms with Crippen molar-refractivity contribution >= 4 is 23.2 Å². The van der Waals surface area contributed by atoms with Gasteiger partial charge >= 0.3 is 0 Å². The normalized spacial score (nSPS) is 13.0. The zero-order chi connectivity index (χ0) is 17.0. The van der Waals surface area contributed by atoms with E-state index in [1.807, 2.05) is 0 Å². The van der Waals surface area contributed by atoms with Crippen LogP contribution in [0.1, 0.15) is 20.8 Å². The molecule has 0 amide bonds. The Kier molecular flexibility index (Phi) is 5.17. The molecule has 122 valence electrons. The lowest BCUT2D eigenvalue weighted by molar-refractivity contribution is 0.635. The number of hydrogen-bond acceptors (Lipinski definition) is 0. The second-order valence-electron chi connectivity index (χ2n) is 6.71. The highest BCUT2D eigenvalue weighted by Crippen LogP contribution is 2.61. The molecule has 0 N–H and O–H groups in total. The lowest BCUT2D eigenvalue weighted by atomic mass is 10.1. The second-order valence-corrected chi connectivity index (χ2v) is 10.5. The molecule has 0 aliphatic rings. The summed E-state index contributed by atoms with van der Waals surface area (Å²) >= 11 is 0. The molecule has 3 rings (SSSR count). The fourth-order valence-corrected chi connectivity index (χ4v) is 8.72. The molecule has 0 aromatic heterocycles. The van der Waals surface area contributed by atoms with Crippen molar-refractivity contribution < 1.29 is 0 Å². The molecule has 1 unspecified atom stereocenters. The Labute approximate surface area is 146 Å². The molecule has 0 bridgehead atoms. The van der Waals surface area contributed by atoms with Crippen molar-refractivity contribution in [3.63, 3.8) is 0 Å². The topological polar surface area (TPSA) is 0 Å². The summed E-state index contributed by atoms with van der Waals surface area (Å²) in [6, 6.07) is 33.4. The molecule has 0 heterocycles. The van der Waals surface area contributed by atoms with Gasteiger partial charge in [-0.1, -0.05) is 68.4 Å². The molecular formula is C23H26P+. The van der Waals surface area contributed by atoms with Gasteiger partial charge in [0.1, 0.15) is 23.2 Å². The maximum Gasteiger partial charge on any atom is 0.115 e. The minimum Gasteiger partial charge on any atom is -0.0620 e. The Morgan fingerprint density at radius 2 is 0.792 bits per heavy atom. The van der Waals surface area contributed by atoms with Gasteiger partial charge in [-0.15, -0.1) is 0 Å². The van der Waals surface area contributed by atoms with Crippen LogP contribution in [-0.2, 0) is 0 Å². The minimum absolute atomic E-state index is 0.574. The fraction of sp³-hybridized carbons (Fsp3) is 0.217. The largest absolute Gasteiger partial charge is 0.115 e. The van der Waals surface area contributed by atoms with Crippen molar-refractivity contribution in [1.82, 2.24) is 0 Å². The first-order valence-corrected chi connectivity index (χ1v) is 10.6. The highest BCUT2D eigenvalue weighted by atomic mass is 31.2. The van der Waals surface area contributed by atoms with E-state index in [1.54, 1.807) is 0 Å². The molecular weight excluding hydrogens is 307 g/mol. The molecule has 0 nitrogen and oxygen atoms in total. The Bertz CT molecular complexity index is 651. The summed E-state index contributed by atoms with van der Waals surface area (Å²) in [4.78, 5) is 0. The summed E-state index contributed by atoms with van der Waals surface area (Å²) in [6.07, 6.45) is 0. The predicted octanol–water partition coefficient (Wildman–Crippen LogP) is 5.03. The van der Waals surface area contributed by atoms with E-state index in [-0.39, 0.29) is 0 Å². The molecule has 3 aromatic carbocycles. The predicted molar refractivity (Wildman–Crippen MR) is 109 cm³/mol. The van der Waals surface area contributed by atoms with Gasteiger partial charge in [-0.25, -0.2) is 0 Å². The molecule has 24 heavy (non-hydrogen) atoms. The SMILES string of the molecule is CC(C)C(C)[P+](c1ccccc1)(c1ccccc1)c1ccccc1. The van der Waals surface area contributed by atoms with Crippen molar-refractivity contribution in [3.8, 4) is 0 Å². The van der Waals surface area contributed by atoms with E-state index < -0.39 is 7.26 Å².